The Hall–Kier alpha value is -4.25. The second-order valence-corrected chi connectivity index (χ2v) is 6.53. The molecule has 8 nitrogen and oxygen atoms in total. The lowest BCUT2D eigenvalue weighted by Crippen LogP contribution is -2.20. The Kier molecular flexibility index (Phi) is 4.41. The highest BCUT2D eigenvalue weighted by Gasteiger charge is 2.21. The van der Waals surface area contributed by atoms with Crippen LogP contribution in [0.25, 0.3) is 11.4 Å². The summed E-state index contributed by atoms with van der Waals surface area (Å²) in [6, 6.07) is 20.7. The molecular formula is C21H19N7O. The molecule has 2 aromatic heterocycles. The number of nitrogens with one attached hydrogen (secondary N) is 1. The third-order valence-electron chi connectivity index (χ3n) is 4.83. The third kappa shape index (κ3) is 2.95. The predicted molar refractivity (Wildman–Crippen MR) is 112 cm³/mol. The van der Waals surface area contributed by atoms with Gasteiger partial charge >= 0.3 is 0 Å². The van der Waals surface area contributed by atoms with E-state index in [1.54, 1.807) is 16.4 Å². The number of nitrogen functional groups attached to an aromatic ring is 1. The topological polar surface area (TPSA) is 107 Å². The lowest BCUT2D eigenvalue weighted by Gasteiger charge is -2.07. The number of anilines is 3. The summed E-state index contributed by atoms with van der Waals surface area (Å²) in [7, 11) is 1.80. The van der Waals surface area contributed by atoms with E-state index in [0.29, 0.717) is 11.4 Å². The van der Waals surface area contributed by atoms with E-state index in [2.05, 4.69) is 16.5 Å². The highest BCUT2D eigenvalue weighted by Crippen LogP contribution is 2.27. The van der Waals surface area contributed by atoms with Crippen molar-refractivity contribution in [1.29, 1.82) is 5.26 Å². The number of hydrogen-bond acceptors (Lipinski definition) is 5. The first-order valence-corrected chi connectivity index (χ1v) is 8.98. The summed E-state index contributed by atoms with van der Waals surface area (Å²) in [5.41, 5.74) is 8.60. The SMILES string of the molecule is Cc1c(Nc2nn(-c3ccccc3)c(N)c2C#N)c(=O)n(-c2ccccc2)n1C. The van der Waals surface area contributed by atoms with Crippen LogP contribution >= 0.6 is 0 Å². The van der Waals surface area contributed by atoms with Gasteiger partial charge in [-0.3, -0.25) is 9.48 Å². The molecule has 0 saturated carbocycles. The molecule has 144 valence electrons. The lowest BCUT2D eigenvalue weighted by atomic mass is 10.3. The molecule has 0 saturated heterocycles. The van der Waals surface area contributed by atoms with E-state index in [4.69, 9.17) is 5.73 Å². The molecule has 2 aromatic carbocycles. The molecule has 0 bridgehead atoms. The molecule has 2 heterocycles. The molecule has 8 heteroatoms. The summed E-state index contributed by atoms with van der Waals surface area (Å²) in [5, 5.41) is 17.1. The van der Waals surface area contributed by atoms with Gasteiger partial charge in [0.1, 0.15) is 23.1 Å². The minimum Gasteiger partial charge on any atom is -0.382 e. The van der Waals surface area contributed by atoms with Gasteiger partial charge in [0.05, 0.1) is 17.1 Å². The highest BCUT2D eigenvalue weighted by molar-refractivity contribution is 5.71. The molecule has 0 aliphatic carbocycles. The number of nitriles is 1. The zero-order valence-corrected chi connectivity index (χ0v) is 16.0. The van der Waals surface area contributed by atoms with Crippen molar-refractivity contribution in [3.8, 4) is 17.4 Å². The zero-order chi connectivity index (χ0) is 20.5. The van der Waals surface area contributed by atoms with Crippen LogP contribution in [0.2, 0.25) is 0 Å². The molecule has 4 aromatic rings. The van der Waals surface area contributed by atoms with Gasteiger partial charge in [0.25, 0.3) is 5.56 Å². The van der Waals surface area contributed by atoms with Crippen LogP contribution < -0.4 is 16.6 Å². The lowest BCUT2D eigenvalue weighted by molar-refractivity contribution is 0.630. The average molecular weight is 385 g/mol. The summed E-state index contributed by atoms with van der Waals surface area (Å²) < 4.78 is 4.79. The smallest absolute Gasteiger partial charge is 0.295 e. The van der Waals surface area contributed by atoms with Gasteiger partial charge in [-0.15, -0.1) is 5.10 Å². The Morgan fingerprint density at radius 3 is 2.21 bits per heavy atom. The molecule has 29 heavy (non-hydrogen) atoms. The zero-order valence-electron chi connectivity index (χ0n) is 16.0. The van der Waals surface area contributed by atoms with Crippen molar-refractivity contribution in [3.63, 3.8) is 0 Å². The van der Waals surface area contributed by atoms with Crippen LogP contribution in [0.5, 0.6) is 0 Å². The summed E-state index contributed by atoms with van der Waals surface area (Å²) in [5.74, 6) is 0.443. The van der Waals surface area contributed by atoms with Gasteiger partial charge in [-0.1, -0.05) is 36.4 Å². The first-order valence-electron chi connectivity index (χ1n) is 8.98. The van der Waals surface area contributed by atoms with Crippen LogP contribution in [0.3, 0.4) is 0 Å². The van der Waals surface area contributed by atoms with Crippen molar-refractivity contribution in [2.24, 2.45) is 7.05 Å². The van der Waals surface area contributed by atoms with Crippen molar-refractivity contribution in [1.82, 2.24) is 19.1 Å². The second-order valence-electron chi connectivity index (χ2n) is 6.53. The third-order valence-corrected chi connectivity index (χ3v) is 4.83. The quantitative estimate of drug-likeness (QED) is 0.562. The van der Waals surface area contributed by atoms with E-state index >= 15 is 0 Å². The molecule has 0 aliphatic rings. The number of para-hydroxylation sites is 2. The number of nitrogens with two attached hydrogens (primary N) is 1. The van der Waals surface area contributed by atoms with Gasteiger partial charge in [-0.25, -0.2) is 9.36 Å². The molecule has 0 amide bonds. The molecule has 3 N–H and O–H groups in total. The Morgan fingerprint density at radius 2 is 1.62 bits per heavy atom. The molecule has 0 aliphatic heterocycles. The standard InChI is InChI=1S/C21H19N7O/c1-14-18(21(29)28(26(14)2)16-11-7-4-8-12-16)24-20-17(13-22)19(23)27(25-20)15-9-5-3-6-10-15/h3-12H,23H2,1-2H3,(H,24,25). The van der Waals surface area contributed by atoms with E-state index in [1.165, 1.54) is 4.68 Å². The van der Waals surface area contributed by atoms with Crippen LogP contribution in [0.4, 0.5) is 17.3 Å². The van der Waals surface area contributed by atoms with Crippen molar-refractivity contribution < 1.29 is 0 Å². The monoisotopic (exact) mass is 385 g/mol. The van der Waals surface area contributed by atoms with E-state index < -0.39 is 0 Å². The van der Waals surface area contributed by atoms with Gasteiger partial charge < -0.3 is 11.1 Å². The Morgan fingerprint density at radius 1 is 1.03 bits per heavy atom. The summed E-state index contributed by atoms with van der Waals surface area (Å²) in [6.07, 6.45) is 0. The van der Waals surface area contributed by atoms with Gasteiger partial charge in [0, 0.05) is 7.05 Å². The number of nitrogens with zero attached hydrogens (tertiary/aromatic N) is 5. The molecular weight excluding hydrogens is 366 g/mol. The maximum absolute atomic E-state index is 13.1. The molecule has 0 unspecified atom stereocenters. The van der Waals surface area contributed by atoms with Crippen molar-refractivity contribution in [3.05, 3.63) is 82.3 Å². The van der Waals surface area contributed by atoms with Gasteiger partial charge in [0.2, 0.25) is 0 Å². The molecule has 0 radical (unpaired) electrons. The largest absolute Gasteiger partial charge is 0.382 e. The highest BCUT2D eigenvalue weighted by atomic mass is 16.1. The average Bonchev–Trinajstić information content (AvgIpc) is 3.17. The summed E-state index contributed by atoms with van der Waals surface area (Å²) >= 11 is 0. The van der Waals surface area contributed by atoms with Crippen LogP contribution in [-0.2, 0) is 7.05 Å². The Bertz CT molecular complexity index is 1270. The van der Waals surface area contributed by atoms with Gasteiger partial charge in [0.15, 0.2) is 5.82 Å². The van der Waals surface area contributed by atoms with Crippen molar-refractivity contribution in [2.75, 3.05) is 11.1 Å². The number of rotatable bonds is 4. The van der Waals surface area contributed by atoms with Crippen LogP contribution in [0.1, 0.15) is 11.3 Å². The fourth-order valence-electron chi connectivity index (χ4n) is 3.23. The van der Waals surface area contributed by atoms with Gasteiger partial charge in [-0.05, 0) is 31.2 Å². The minimum absolute atomic E-state index is 0.183. The minimum atomic E-state index is -0.243. The molecule has 0 spiro atoms. The normalized spacial score (nSPS) is 10.7. The predicted octanol–water partition coefficient (Wildman–Crippen LogP) is 2.87. The first kappa shape index (κ1) is 18.1. The molecule has 4 rings (SSSR count). The van der Waals surface area contributed by atoms with Gasteiger partial charge in [-0.2, -0.15) is 5.26 Å². The second kappa shape index (κ2) is 7.05. The van der Waals surface area contributed by atoms with E-state index in [9.17, 15) is 10.1 Å². The van der Waals surface area contributed by atoms with Crippen LogP contribution in [0, 0.1) is 18.3 Å². The van der Waals surface area contributed by atoms with Crippen molar-refractivity contribution in [2.45, 2.75) is 6.92 Å². The van der Waals surface area contributed by atoms with E-state index in [1.807, 2.05) is 67.6 Å². The fourth-order valence-corrected chi connectivity index (χ4v) is 3.23. The summed E-state index contributed by atoms with van der Waals surface area (Å²) in [6.45, 7) is 1.83. The van der Waals surface area contributed by atoms with E-state index in [-0.39, 0.29) is 22.8 Å². The molecule has 0 atom stereocenters. The van der Waals surface area contributed by atoms with E-state index in [0.717, 1.165) is 11.4 Å². The number of benzene rings is 2. The summed E-state index contributed by atoms with van der Waals surface area (Å²) in [4.78, 5) is 13.1. The Balaban J connectivity index is 1.82. The fraction of sp³-hybridized carbons (Fsp3) is 0.0952. The number of hydrogen-bond donors (Lipinski definition) is 2. The first-order chi connectivity index (χ1) is 14.0. The van der Waals surface area contributed by atoms with Crippen molar-refractivity contribution >= 4 is 17.3 Å². The van der Waals surface area contributed by atoms with Crippen LogP contribution in [-0.4, -0.2) is 19.1 Å². The Labute approximate surface area is 167 Å². The molecule has 0 fully saturated rings. The maximum Gasteiger partial charge on any atom is 0.295 e. The van der Waals surface area contributed by atoms with Crippen LogP contribution in [0.15, 0.2) is 65.5 Å². The maximum atomic E-state index is 13.1. The number of aromatic nitrogens is 4.